The van der Waals surface area contributed by atoms with Gasteiger partial charge >= 0.3 is 5.97 Å². The molecular formula is C19H30N2O5S. The van der Waals surface area contributed by atoms with Crippen LogP contribution in [0.15, 0.2) is 0 Å². The number of hydrogen-bond acceptors (Lipinski definition) is 7. The van der Waals surface area contributed by atoms with Gasteiger partial charge in [0.15, 0.2) is 0 Å². The van der Waals surface area contributed by atoms with Gasteiger partial charge in [-0.3, -0.25) is 14.9 Å². The van der Waals surface area contributed by atoms with Crippen LogP contribution in [0.4, 0.5) is 0 Å². The maximum atomic E-state index is 12.8. The summed E-state index contributed by atoms with van der Waals surface area (Å²) in [5.74, 6) is -0.947. The number of carbonyl (C=O) groups is 2. The molecule has 1 amide bonds. The zero-order chi connectivity index (χ0) is 19.0. The van der Waals surface area contributed by atoms with E-state index in [-0.39, 0.29) is 47.0 Å². The van der Waals surface area contributed by atoms with Crippen molar-refractivity contribution in [2.45, 2.75) is 80.0 Å². The average molecular weight is 399 g/mol. The van der Waals surface area contributed by atoms with Crippen molar-refractivity contribution in [3.8, 4) is 0 Å². The minimum Gasteiger partial charge on any atom is -0.461 e. The van der Waals surface area contributed by atoms with Crippen LogP contribution in [-0.4, -0.2) is 61.2 Å². The number of ether oxygens (including phenoxy) is 3. The van der Waals surface area contributed by atoms with Gasteiger partial charge in [0.1, 0.15) is 17.5 Å². The molecule has 0 bridgehead atoms. The van der Waals surface area contributed by atoms with E-state index in [0.717, 1.165) is 38.5 Å². The first-order chi connectivity index (χ1) is 13.1. The topological polar surface area (TPSA) is 85.9 Å². The third-order valence-corrected chi connectivity index (χ3v) is 8.06. The van der Waals surface area contributed by atoms with Gasteiger partial charge in [0.2, 0.25) is 5.91 Å². The van der Waals surface area contributed by atoms with E-state index >= 15 is 0 Å². The number of methoxy groups -OCH3 is 2. The van der Waals surface area contributed by atoms with Gasteiger partial charge in [0.25, 0.3) is 0 Å². The summed E-state index contributed by atoms with van der Waals surface area (Å²) in [6, 6.07) is 0.130. The highest BCUT2D eigenvalue weighted by atomic mass is 32.2. The zero-order valence-electron chi connectivity index (χ0n) is 16.0. The van der Waals surface area contributed by atoms with Crippen LogP contribution >= 0.6 is 11.8 Å². The van der Waals surface area contributed by atoms with Gasteiger partial charge in [-0.1, -0.05) is 6.42 Å². The number of nitrogens with one attached hydrogen (secondary N) is 2. The molecule has 0 aromatic carbocycles. The molecule has 2 aliphatic heterocycles. The molecule has 7 nitrogen and oxygen atoms in total. The molecule has 4 aliphatic rings. The monoisotopic (exact) mass is 398 g/mol. The van der Waals surface area contributed by atoms with Crippen molar-refractivity contribution in [2.75, 3.05) is 14.2 Å². The summed E-state index contributed by atoms with van der Waals surface area (Å²) >= 11 is 1.66. The number of esters is 1. The second kappa shape index (κ2) is 8.27. The van der Waals surface area contributed by atoms with E-state index in [1.807, 2.05) is 0 Å². The van der Waals surface area contributed by atoms with Gasteiger partial charge in [-0.15, -0.1) is 11.8 Å². The lowest BCUT2D eigenvalue weighted by Gasteiger charge is -2.37. The van der Waals surface area contributed by atoms with Crippen molar-refractivity contribution in [1.29, 1.82) is 0 Å². The summed E-state index contributed by atoms with van der Waals surface area (Å²) in [5.41, 5.74) is -0.238. The number of rotatable bonds is 4. The Labute approximate surface area is 164 Å². The summed E-state index contributed by atoms with van der Waals surface area (Å²) in [5, 5.41) is 6.72. The zero-order valence-corrected chi connectivity index (χ0v) is 16.8. The van der Waals surface area contributed by atoms with Crippen molar-refractivity contribution >= 4 is 23.6 Å². The SMILES string of the molecule is COC1CCC(OC)C2SC(NC(=O)C3CC4CCCCC4OC3=O)NC12. The van der Waals surface area contributed by atoms with E-state index < -0.39 is 5.92 Å². The van der Waals surface area contributed by atoms with Crippen LogP contribution in [0.25, 0.3) is 0 Å². The number of amides is 1. The highest BCUT2D eigenvalue weighted by Gasteiger charge is 2.48. The molecule has 0 spiro atoms. The third-order valence-electron chi connectivity index (χ3n) is 6.62. The van der Waals surface area contributed by atoms with Crippen LogP contribution in [-0.2, 0) is 23.8 Å². The van der Waals surface area contributed by atoms with Crippen LogP contribution in [0.3, 0.4) is 0 Å². The Morgan fingerprint density at radius 3 is 2.67 bits per heavy atom. The third kappa shape index (κ3) is 3.86. The smallest absolute Gasteiger partial charge is 0.318 e. The molecule has 2 aliphatic carbocycles. The Morgan fingerprint density at radius 1 is 1.15 bits per heavy atom. The van der Waals surface area contributed by atoms with Crippen molar-refractivity contribution < 1.29 is 23.8 Å². The van der Waals surface area contributed by atoms with E-state index in [9.17, 15) is 9.59 Å². The second-order valence-electron chi connectivity index (χ2n) is 8.12. The quantitative estimate of drug-likeness (QED) is 0.547. The summed E-state index contributed by atoms with van der Waals surface area (Å²) in [4.78, 5) is 25.2. The molecule has 4 rings (SSSR count). The first-order valence-electron chi connectivity index (χ1n) is 10.1. The first-order valence-corrected chi connectivity index (χ1v) is 11.0. The molecule has 8 unspecified atom stereocenters. The lowest BCUT2D eigenvalue weighted by molar-refractivity contribution is -0.171. The van der Waals surface area contributed by atoms with E-state index in [1.54, 1.807) is 26.0 Å². The molecule has 152 valence electrons. The van der Waals surface area contributed by atoms with Gasteiger partial charge in [0.05, 0.1) is 23.5 Å². The van der Waals surface area contributed by atoms with Crippen LogP contribution in [0.5, 0.6) is 0 Å². The fourth-order valence-corrected chi connectivity index (χ4v) is 6.71. The van der Waals surface area contributed by atoms with Gasteiger partial charge in [-0.25, -0.2) is 0 Å². The predicted octanol–water partition coefficient (Wildman–Crippen LogP) is 1.41. The van der Waals surface area contributed by atoms with Crippen LogP contribution < -0.4 is 10.6 Å². The van der Waals surface area contributed by atoms with E-state index in [2.05, 4.69) is 10.6 Å². The Balaban J connectivity index is 1.37. The molecule has 0 radical (unpaired) electrons. The molecule has 2 N–H and O–H groups in total. The normalized spacial score (nSPS) is 44.1. The summed E-state index contributed by atoms with van der Waals surface area (Å²) in [7, 11) is 3.46. The molecule has 0 aromatic rings. The van der Waals surface area contributed by atoms with E-state index in [4.69, 9.17) is 14.2 Å². The highest BCUT2D eigenvalue weighted by molar-refractivity contribution is 8.00. The Morgan fingerprint density at radius 2 is 1.89 bits per heavy atom. The molecule has 8 atom stereocenters. The van der Waals surface area contributed by atoms with Gasteiger partial charge in [-0.2, -0.15) is 0 Å². The maximum absolute atomic E-state index is 12.8. The van der Waals surface area contributed by atoms with Gasteiger partial charge in [-0.05, 0) is 44.4 Å². The summed E-state index contributed by atoms with van der Waals surface area (Å²) in [6.07, 6.45) is 7.01. The number of carbonyl (C=O) groups excluding carboxylic acids is 2. The maximum Gasteiger partial charge on any atom is 0.318 e. The van der Waals surface area contributed by atoms with Crippen LogP contribution in [0, 0.1) is 11.8 Å². The molecule has 2 heterocycles. The molecule has 2 saturated heterocycles. The minimum atomic E-state index is -0.689. The fraction of sp³-hybridized carbons (Fsp3) is 0.895. The van der Waals surface area contributed by atoms with Crippen LogP contribution in [0.2, 0.25) is 0 Å². The first kappa shape index (κ1) is 19.5. The molecule has 0 aromatic heterocycles. The van der Waals surface area contributed by atoms with Crippen LogP contribution in [0.1, 0.15) is 44.9 Å². The number of hydrogen-bond donors (Lipinski definition) is 2. The van der Waals surface area contributed by atoms with Crippen molar-refractivity contribution in [2.24, 2.45) is 11.8 Å². The van der Waals surface area contributed by atoms with Crippen molar-refractivity contribution in [1.82, 2.24) is 10.6 Å². The summed E-state index contributed by atoms with van der Waals surface area (Å²) < 4.78 is 16.9. The lowest BCUT2D eigenvalue weighted by atomic mass is 9.78. The Bertz CT molecular complexity index is 556. The summed E-state index contributed by atoms with van der Waals surface area (Å²) in [6.45, 7) is 0. The minimum absolute atomic E-state index is 0.0158. The van der Waals surface area contributed by atoms with Crippen molar-refractivity contribution in [3.05, 3.63) is 0 Å². The molecule has 4 fully saturated rings. The van der Waals surface area contributed by atoms with Crippen molar-refractivity contribution in [3.63, 3.8) is 0 Å². The Kier molecular flexibility index (Phi) is 5.97. The highest BCUT2D eigenvalue weighted by Crippen LogP contribution is 2.40. The van der Waals surface area contributed by atoms with E-state index in [1.165, 1.54) is 0 Å². The number of thioether (sulfide) groups is 1. The molecule has 27 heavy (non-hydrogen) atoms. The molecule has 8 heteroatoms. The van der Waals surface area contributed by atoms with E-state index in [0.29, 0.717) is 12.3 Å². The number of fused-ring (bicyclic) bond motifs is 2. The molecule has 2 saturated carbocycles. The Hall–Kier alpha value is -0.830. The largest absolute Gasteiger partial charge is 0.461 e. The molecular weight excluding hydrogens is 368 g/mol. The second-order valence-corrected chi connectivity index (χ2v) is 9.40. The standard InChI is InChI=1S/C19H30N2O5S/c1-24-13-7-8-14(25-2)16-15(13)20-19(27-16)21-17(22)11-9-10-5-3-4-6-12(10)26-18(11)23/h10-16,19-20H,3-9H2,1-2H3,(H,21,22). The van der Waals surface area contributed by atoms with Gasteiger partial charge < -0.3 is 19.5 Å². The fourth-order valence-electron chi connectivity index (χ4n) is 5.13. The average Bonchev–Trinajstić information content (AvgIpc) is 3.10. The lowest BCUT2D eigenvalue weighted by Crippen LogP contribution is -2.54. The predicted molar refractivity (Wildman–Crippen MR) is 101 cm³/mol. The van der Waals surface area contributed by atoms with Gasteiger partial charge in [0, 0.05) is 14.2 Å².